The summed E-state index contributed by atoms with van der Waals surface area (Å²) in [4.78, 5) is 0. The smallest absolute Gasteiger partial charge is 0.123 e. The average molecular weight is 344 g/mol. The van der Waals surface area contributed by atoms with E-state index in [1.54, 1.807) is 0 Å². The average Bonchev–Trinajstić information content (AvgIpc) is 2.86. The maximum atomic E-state index is 10.9. The fraction of sp³-hybridized carbons (Fsp3) is 0.360. The minimum atomic E-state index is 0.0245. The van der Waals surface area contributed by atoms with Crippen molar-refractivity contribution >= 4 is 10.8 Å². The minimum Gasteiger partial charge on any atom is -0.507 e. The number of aryl methyl sites for hydroxylation is 2. The van der Waals surface area contributed by atoms with Crippen molar-refractivity contribution in [1.82, 2.24) is 0 Å². The van der Waals surface area contributed by atoms with E-state index < -0.39 is 0 Å². The van der Waals surface area contributed by atoms with Gasteiger partial charge in [0.1, 0.15) is 5.75 Å². The van der Waals surface area contributed by atoms with Crippen molar-refractivity contribution in [2.24, 2.45) is 0 Å². The molecule has 0 heterocycles. The van der Waals surface area contributed by atoms with Crippen LogP contribution in [0, 0.1) is 13.8 Å². The van der Waals surface area contributed by atoms with E-state index in [1.165, 1.54) is 38.8 Å². The molecule has 0 amide bonds. The lowest BCUT2D eigenvalue weighted by molar-refractivity contribution is 0.430. The zero-order valence-corrected chi connectivity index (χ0v) is 16.3. The van der Waals surface area contributed by atoms with Crippen molar-refractivity contribution in [3.05, 3.63) is 64.7 Å². The molecule has 1 aliphatic carbocycles. The number of phenolic OH excluding ortho intramolecular Hbond substituents is 1. The quantitative estimate of drug-likeness (QED) is 0.538. The summed E-state index contributed by atoms with van der Waals surface area (Å²) < 4.78 is 0. The second kappa shape index (κ2) is 6.16. The highest BCUT2D eigenvalue weighted by Crippen LogP contribution is 2.57. The summed E-state index contributed by atoms with van der Waals surface area (Å²) in [6.07, 6.45) is 4.53. The van der Waals surface area contributed by atoms with E-state index in [0.717, 1.165) is 31.1 Å². The van der Waals surface area contributed by atoms with Gasteiger partial charge in [-0.1, -0.05) is 68.1 Å². The lowest BCUT2D eigenvalue weighted by Gasteiger charge is -2.32. The second-order valence-electron chi connectivity index (χ2n) is 8.00. The van der Waals surface area contributed by atoms with Gasteiger partial charge in [0.2, 0.25) is 0 Å². The number of hydrogen-bond donors (Lipinski definition) is 1. The molecule has 3 aromatic carbocycles. The number of hydrogen-bond acceptors (Lipinski definition) is 1. The van der Waals surface area contributed by atoms with E-state index in [9.17, 15) is 5.11 Å². The number of aromatic hydroxyl groups is 1. The van der Waals surface area contributed by atoms with Gasteiger partial charge in [-0.3, -0.25) is 0 Å². The minimum absolute atomic E-state index is 0.0245. The molecule has 0 saturated carbocycles. The topological polar surface area (TPSA) is 20.2 Å². The van der Waals surface area contributed by atoms with Gasteiger partial charge in [0.25, 0.3) is 0 Å². The molecule has 4 rings (SSSR count). The van der Waals surface area contributed by atoms with Gasteiger partial charge < -0.3 is 5.11 Å². The van der Waals surface area contributed by atoms with Gasteiger partial charge in [-0.25, -0.2) is 0 Å². The van der Waals surface area contributed by atoms with E-state index in [2.05, 4.69) is 70.2 Å². The van der Waals surface area contributed by atoms with Crippen LogP contribution in [-0.4, -0.2) is 5.11 Å². The van der Waals surface area contributed by atoms with Crippen LogP contribution in [0.2, 0.25) is 0 Å². The van der Waals surface area contributed by atoms with Gasteiger partial charge in [0.05, 0.1) is 0 Å². The molecule has 1 heteroatoms. The first-order valence-electron chi connectivity index (χ1n) is 9.90. The third-order valence-electron chi connectivity index (χ3n) is 6.10. The van der Waals surface area contributed by atoms with Gasteiger partial charge >= 0.3 is 0 Å². The first kappa shape index (κ1) is 17.1. The van der Waals surface area contributed by atoms with Crippen LogP contribution in [0.3, 0.4) is 0 Å². The highest BCUT2D eigenvalue weighted by molar-refractivity contribution is 6.05. The van der Waals surface area contributed by atoms with Crippen LogP contribution in [0.4, 0.5) is 0 Å². The van der Waals surface area contributed by atoms with Gasteiger partial charge in [0.15, 0.2) is 0 Å². The molecule has 0 bridgehead atoms. The predicted octanol–water partition coefficient (Wildman–Crippen LogP) is 7.03. The number of rotatable bonds is 4. The fourth-order valence-corrected chi connectivity index (χ4v) is 5.12. The lowest BCUT2D eigenvalue weighted by atomic mass is 9.71. The summed E-state index contributed by atoms with van der Waals surface area (Å²) in [6, 6.07) is 15.4. The Morgan fingerprint density at radius 3 is 2.12 bits per heavy atom. The molecule has 0 atom stereocenters. The van der Waals surface area contributed by atoms with Gasteiger partial charge in [-0.05, 0) is 66.5 Å². The third-order valence-corrected chi connectivity index (χ3v) is 6.10. The van der Waals surface area contributed by atoms with E-state index in [4.69, 9.17) is 0 Å². The van der Waals surface area contributed by atoms with Crippen LogP contribution in [0.25, 0.3) is 21.9 Å². The molecule has 0 aliphatic heterocycles. The van der Waals surface area contributed by atoms with Crippen LogP contribution >= 0.6 is 0 Å². The van der Waals surface area contributed by atoms with Gasteiger partial charge in [0, 0.05) is 10.8 Å². The van der Waals surface area contributed by atoms with Crippen LogP contribution < -0.4 is 0 Å². The lowest BCUT2D eigenvalue weighted by Crippen LogP contribution is -2.25. The van der Waals surface area contributed by atoms with Crippen molar-refractivity contribution < 1.29 is 5.11 Å². The number of fused-ring (bicyclic) bond motifs is 5. The first-order valence-corrected chi connectivity index (χ1v) is 9.90. The normalized spacial score (nSPS) is 14.5. The molecule has 1 N–H and O–H groups in total. The number of phenols is 1. The Bertz CT molecular complexity index is 991. The van der Waals surface area contributed by atoms with Crippen molar-refractivity contribution in [3.8, 4) is 16.9 Å². The number of benzene rings is 3. The summed E-state index contributed by atoms with van der Waals surface area (Å²) >= 11 is 0. The molecule has 0 spiro atoms. The van der Waals surface area contributed by atoms with Crippen LogP contribution in [-0.2, 0) is 5.41 Å². The molecule has 1 aliphatic rings. The molecule has 26 heavy (non-hydrogen) atoms. The van der Waals surface area contributed by atoms with Crippen LogP contribution in [0.5, 0.6) is 5.75 Å². The fourth-order valence-electron chi connectivity index (χ4n) is 5.12. The zero-order chi connectivity index (χ0) is 18.5. The molecule has 1 nitrogen and oxygen atoms in total. The Morgan fingerprint density at radius 2 is 1.42 bits per heavy atom. The predicted molar refractivity (Wildman–Crippen MR) is 111 cm³/mol. The highest BCUT2D eigenvalue weighted by atomic mass is 16.3. The highest BCUT2D eigenvalue weighted by Gasteiger charge is 2.43. The molecular weight excluding hydrogens is 316 g/mol. The Balaban J connectivity index is 2.16. The summed E-state index contributed by atoms with van der Waals surface area (Å²) in [5.41, 5.74) is 8.02. The summed E-state index contributed by atoms with van der Waals surface area (Å²) in [7, 11) is 0. The maximum Gasteiger partial charge on any atom is 0.123 e. The Morgan fingerprint density at radius 1 is 0.769 bits per heavy atom. The molecule has 0 unspecified atom stereocenters. The monoisotopic (exact) mass is 344 g/mol. The van der Waals surface area contributed by atoms with Gasteiger partial charge in [-0.2, -0.15) is 0 Å². The Labute approximate surface area is 156 Å². The van der Waals surface area contributed by atoms with Gasteiger partial charge in [-0.15, -0.1) is 0 Å². The van der Waals surface area contributed by atoms with E-state index in [-0.39, 0.29) is 5.41 Å². The standard InChI is InChI=1S/C25H28O/c1-5-11-25(12-6-2)21-14-17(4)8-10-19(21)24-18-9-7-16(3)13-20(18)23(26)15-22(24)25/h7-10,13-15,26H,5-6,11-12H2,1-4H3. The molecule has 0 aromatic heterocycles. The summed E-state index contributed by atoms with van der Waals surface area (Å²) in [5.74, 6) is 0.420. The summed E-state index contributed by atoms with van der Waals surface area (Å²) in [6.45, 7) is 8.82. The molecular formula is C25H28O. The molecule has 0 radical (unpaired) electrons. The molecule has 3 aromatic rings. The summed E-state index contributed by atoms with van der Waals surface area (Å²) in [5, 5.41) is 13.0. The van der Waals surface area contributed by atoms with Crippen molar-refractivity contribution in [2.45, 2.75) is 58.8 Å². The Hall–Kier alpha value is -2.28. The van der Waals surface area contributed by atoms with Crippen molar-refractivity contribution in [1.29, 1.82) is 0 Å². The molecule has 0 saturated heterocycles. The molecule has 134 valence electrons. The largest absolute Gasteiger partial charge is 0.507 e. The first-order chi connectivity index (χ1) is 12.5. The second-order valence-corrected chi connectivity index (χ2v) is 8.00. The van der Waals surface area contributed by atoms with Crippen LogP contribution in [0.1, 0.15) is 61.8 Å². The maximum absolute atomic E-state index is 10.9. The van der Waals surface area contributed by atoms with E-state index in [1.807, 2.05) is 0 Å². The molecule has 0 fully saturated rings. The van der Waals surface area contributed by atoms with Crippen molar-refractivity contribution in [3.63, 3.8) is 0 Å². The van der Waals surface area contributed by atoms with E-state index in [0.29, 0.717) is 5.75 Å². The Kier molecular flexibility index (Phi) is 4.06. The SMILES string of the molecule is CCCC1(CCC)c2cc(C)ccc2-c2c1cc(O)c1cc(C)ccc21. The van der Waals surface area contributed by atoms with Crippen LogP contribution in [0.15, 0.2) is 42.5 Å². The van der Waals surface area contributed by atoms with Crippen molar-refractivity contribution in [2.75, 3.05) is 0 Å². The van der Waals surface area contributed by atoms with E-state index >= 15 is 0 Å². The third kappa shape index (κ3) is 2.30. The zero-order valence-electron chi connectivity index (χ0n) is 16.3.